The number of anilines is 1. The number of halogens is 1. The van der Waals surface area contributed by atoms with Gasteiger partial charge in [-0.1, -0.05) is 31.2 Å². The van der Waals surface area contributed by atoms with Gasteiger partial charge in [-0.05, 0) is 47.7 Å². The topological polar surface area (TPSA) is 37.8 Å². The summed E-state index contributed by atoms with van der Waals surface area (Å²) in [7, 11) is 0. The summed E-state index contributed by atoms with van der Waals surface area (Å²) in [6.07, 6.45) is 3.52. The van der Waals surface area contributed by atoms with E-state index in [-0.39, 0.29) is 0 Å². The van der Waals surface area contributed by atoms with Crippen molar-refractivity contribution in [1.29, 1.82) is 0 Å². The Hall–Kier alpha value is -1.42. The van der Waals surface area contributed by atoms with Crippen LogP contribution >= 0.6 is 15.9 Å². The maximum atomic E-state index is 4.80. The molecule has 1 N–H and O–H groups in total. The first kappa shape index (κ1) is 14.5. The van der Waals surface area contributed by atoms with Crippen molar-refractivity contribution < 1.29 is 0 Å². The Bertz CT molecular complexity index is 633. The zero-order chi connectivity index (χ0) is 14.8. The number of rotatable bonds is 5. The molecule has 1 aliphatic rings. The number of aromatic nitrogens is 2. The normalized spacial score (nSPS) is 14.2. The fourth-order valence-electron chi connectivity index (χ4n) is 2.39. The molecule has 0 saturated heterocycles. The number of hydrogen-bond acceptors (Lipinski definition) is 3. The van der Waals surface area contributed by atoms with Gasteiger partial charge < -0.3 is 5.32 Å². The summed E-state index contributed by atoms with van der Waals surface area (Å²) < 4.78 is 1.03. The van der Waals surface area contributed by atoms with Crippen molar-refractivity contribution >= 4 is 21.7 Å². The monoisotopic (exact) mass is 345 g/mol. The van der Waals surface area contributed by atoms with Gasteiger partial charge in [0, 0.05) is 18.0 Å². The molecule has 110 valence electrons. The molecule has 1 saturated carbocycles. The van der Waals surface area contributed by atoms with Crippen LogP contribution in [0.2, 0.25) is 0 Å². The first-order valence-electron chi connectivity index (χ1n) is 7.63. The predicted octanol–water partition coefficient (Wildman–Crippen LogP) is 4.78. The van der Waals surface area contributed by atoms with Crippen molar-refractivity contribution in [3.05, 3.63) is 40.0 Å². The van der Waals surface area contributed by atoms with Gasteiger partial charge in [0.2, 0.25) is 0 Å². The highest BCUT2D eigenvalue weighted by atomic mass is 79.9. The SMILES string of the molecule is CCNc1nc(-c2ccc(CC)cc2)nc(C2CC2)c1Br. The molecule has 1 aromatic carbocycles. The van der Waals surface area contributed by atoms with E-state index in [0.29, 0.717) is 5.92 Å². The molecule has 2 aromatic rings. The molecule has 0 unspecified atom stereocenters. The molecular weight excluding hydrogens is 326 g/mol. The lowest BCUT2D eigenvalue weighted by atomic mass is 10.1. The first-order valence-corrected chi connectivity index (χ1v) is 8.42. The Labute approximate surface area is 134 Å². The van der Waals surface area contributed by atoms with Gasteiger partial charge >= 0.3 is 0 Å². The summed E-state index contributed by atoms with van der Waals surface area (Å²) in [6, 6.07) is 8.55. The van der Waals surface area contributed by atoms with Gasteiger partial charge in [-0.2, -0.15) is 0 Å². The van der Waals surface area contributed by atoms with Crippen LogP contribution in [0.4, 0.5) is 5.82 Å². The van der Waals surface area contributed by atoms with E-state index < -0.39 is 0 Å². The molecule has 1 fully saturated rings. The molecule has 0 radical (unpaired) electrons. The van der Waals surface area contributed by atoms with Crippen molar-refractivity contribution in [2.24, 2.45) is 0 Å². The van der Waals surface area contributed by atoms with Crippen LogP contribution in [0.5, 0.6) is 0 Å². The third-order valence-electron chi connectivity index (χ3n) is 3.81. The second kappa shape index (κ2) is 6.14. The van der Waals surface area contributed by atoms with Crippen molar-refractivity contribution in [1.82, 2.24) is 9.97 Å². The minimum absolute atomic E-state index is 0.591. The number of nitrogens with one attached hydrogen (secondary N) is 1. The average Bonchev–Trinajstić information content (AvgIpc) is 3.34. The second-order valence-corrected chi connectivity index (χ2v) is 6.24. The Balaban J connectivity index is 2.03. The van der Waals surface area contributed by atoms with Gasteiger partial charge in [-0.3, -0.25) is 0 Å². The highest BCUT2D eigenvalue weighted by Gasteiger charge is 2.29. The van der Waals surface area contributed by atoms with Gasteiger partial charge in [0.1, 0.15) is 5.82 Å². The average molecular weight is 346 g/mol. The van der Waals surface area contributed by atoms with Crippen LogP contribution in [0.25, 0.3) is 11.4 Å². The molecule has 3 rings (SSSR count). The minimum atomic E-state index is 0.591. The lowest BCUT2D eigenvalue weighted by Gasteiger charge is -2.12. The number of aryl methyl sites for hydroxylation is 1. The molecule has 4 heteroatoms. The summed E-state index contributed by atoms with van der Waals surface area (Å²) in [5, 5.41) is 3.33. The van der Waals surface area contributed by atoms with Crippen LogP contribution in [0.1, 0.15) is 43.9 Å². The van der Waals surface area contributed by atoms with Crippen molar-refractivity contribution in [3.8, 4) is 11.4 Å². The number of hydrogen-bond donors (Lipinski definition) is 1. The fourth-order valence-corrected chi connectivity index (χ4v) is 3.04. The van der Waals surface area contributed by atoms with Crippen molar-refractivity contribution in [2.75, 3.05) is 11.9 Å². The van der Waals surface area contributed by atoms with Gasteiger partial charge in [0.15, 0.2) is 5.82 Å². The zero-order valence-electron chi connectivity index (χ0n) is 12.5. The van der Waals surface area contributed by atoms with Crippen LogP contribution in [0.3, 0.4) is 0 Å². The largest absolute Gasteiger partial charge is 0.369 e. The molecule has 21 heavy (non-hydrogen) atoms. The van der Waals surface area contributed by atoms with Crippen LogP contribution in [-0.4, -0.2) is 16.5 Å². The lowest BCUT2D eigenvalue weighted by Crippen LogP contribution is -2.05. The van der Waals surface area contributed by atoms with Gasteiger partial charge in [0.25, 0.3) is 0 Å². The Kier molecular flexibility index (Phi) is 4.24. The summed E-state index contributed by atoms with van der Waals surface area (Å²) in [5.74, 6) is 2.32. The van der Waals surface area contributed by atoms with Crippen LogP contribution < -0.4 is 5.32 Å². The van der Waals surface area contributed by atoms with Gasteiger partial charge in [0.05, 0.1) is 10.2 Å². The molecule has 0 bridgehead atoms. The van der Waals surface area contributed by atoms with E-state index in [1.807, 2.05) is 0 Å². The quantitative estimate of drug-likeness (QED) is 0.847. The van der Waals surface area contributed by atoms with E-state index in [0.717, 1.165) is 40.3 Å². The molecule has 0 amide bonds. The summed E-state index contributed by atoms with van der Waals surface area (Å²) >= 11 is 3.66. The smallest absolute Gasteiger partial charge is 0.161 e. The standard InChI is InChI=1S/C17H20BrN3/c1-3-11-5-7-13(8-6-11)16-20-15(12-9-10-12)14(18)17(21-16)19-4-2/h5-8,12H,3-4,9-10H2,1-2H3,(H,19,20,21). The van der Waals surface area contributed by atoms with E-state index in [4.69, 9.17) is 4.98 Å². The maximum absolute atomic E-state index is 4.80. The second-order valence-electron chi connectivity index (χ2n) is 5.45. The molecule has 0 atom stereocenters. The summed E-state index contributed by atoms with van der Waals surface area (Å²) in [5.41, 5.74) is 3.57. The van der Waals surface area contributed by atoms with Crippen molar-refractivity contribution in [2.45, 2.75) is 39.0 Å². The van der Waals surface area contributed by atoms with Crippen LogP contribution in [0.15, 0.2) is 28.7 Å². The number of benzene rings is 1. The fraction of sp³-hybridized carbons (Fsp3) is 0.412. The van der Waals surface area contributed by atoms with E-state index in [9.17, 15) is 0 Å². The number of nitrogens with zero attached hydrogens (tertiary/aromatic N) is 2. The maximum Gasteiger partial charge on any atom is 0.161 e. The summed E-state index contributed by atoms with van der Waals surface area (Å²) in [6.45, 7) is 5.11. The van der Waals surface area contributed by atoms with Crippen LogP contribution in [0, 0.1) is 0 Å². The molecule has 0 spiro atoms. The van der Waals surface area contributed by atoms with E-state index >= 15 is 0 Å². The molecule has 1 aromatic heterocycles. The molecule has 3 nitrogen and oxygen atoms in total. The van der Waals surface area contributed by atoms with E-state index in [1.54, 1.807) is 0 Å². The first-order chi connectivity index (χ1) is 10.2. The van der Waals surface area contributed by atoms with Gasteiger partial charge in [-0.25, -0.2) is 9.97 Å². The van der Waals surface area contributed by atoms with Crippen LogP contribution in [-0.2, 0) is 6.42 Å². The Morgan fingerprint density at radius 2 is 1.86 bits per heavy atom. The van der Waals surface area contributed by atoms with Gasteiger partial charge in [-0.15, -0.1) is 0 Å². The minimum Gasteiger partial charge on any atom is -0.369 e. The highest BCUT2D eigenvalue weighted by molar-refractivity contribution is 9.10. The Morgan fingerprint density at radius 1 is 1.14 bits per heavy atom. The lowest BCUT2D eigenvalue weighted by molar-refractivity contribution is 0.973. The highest BCUT2D eigenvalue weighted by Crippen LogP contribution is 2.44. The molecule has 1 heterocycles. The van der Waals surface area contributed by atoms with Crippen molar-refractivity contribution in [3.63, 3.8) is 0 Å². The Morgan fingerprint density at radius 3 is 2.43 bits per heavy atom. The molecule has 1 aliphatic carbocycles. The zero-order valence-corrected chi connectivity index (χ0v) is 14.1. The predicted molar refractivity (Wildman–Crippen MR) is 90.7 cm³/mol. The van der Waals surface area contributed by atoms with E-state index in [2.05, 4.69) is 64.3 Å². The molecular formula is C17H20BrN3. The molecule has 0 aliphatic heterocycles. The third kappa shape index (κ3) is 3.10. The summed E-state index contributed by atoms with van der Waals surface area (Å²) in [4.78, 5) is 9.49. The van der Waals surface area contributed by atoms with E-state index in [1.165, 1.54) is 18.4 Å². The third-order valence-corrected chi connectivity index (χ3v) is 4.59.